The van der Waals surface area contributed by atoms with Gasteiger partial charge in [0.2, 0.25) is 0 Å². The van der Waals surface area contributed by atoms with E-state index in [4.69, 9.17) is 23.2 Å². The standard InChI is InChI=1S/C17H25Cl2NO/c1-4-17(21)9-7-16(8-10-17,12-20(2)3)13-5-6-14(18)15(19)11-13/h5-6,11,21H,4,7-10,12H2,1-3H3. The number of halogens is 2. The number of likely N-dealkylation sites (N-methyl/N-ethyl adjacent to an activating group) is 1. The topological polar surface area (TPSA) is 23.5 Å². The van der Waals surface area contributed by atoms with Crippen LogP contribution in [0.5, 0.6) is 0 Å². The maximum absolute atomic E-state index is 10.5. The molecule has 0 bridgehead atoms. The van der Waals surface area contributed by atoms with Crippen LogP contribution in [0.2, 0.25) is 10.0 Å². The van der Waals surface area contributed by atoms with Crippen LogP contribution in [-0.2, 0) is 5.41 Å². The van der Waals surface area contributed by atoms with Gasteiger partial charge in [0.1, 0.15) is 0 Å². The van der Waals surface area contributed by atoms with Crippen LogP contribution in [0.3, 0.4) is 0 Å². The summed E-state index contributed by atoms with van der Waals surface area (Å²) in [5.41, 5.74) is 0.800. The van der Waals surface area contributed by atoms with E-state index in [2.05, 4.69) is 32.0 Å². The van der Waals surface area contributed by atoms with Gasteiger partial charge < -0.3 is 10.0 Å². The Kier molecular flexibility index (Phi) is 5.25. The Balaban J connectivity index is 2.32. The molecule has 118 valence electrons. The first-order valence-electron chi connectivity index (χ1n) is 7.63. The average Bonchev–Trinajstić information content (AvgIpc) is 2.44. The fourth-order valence-corrected chi connectivity index (χ4v) is 3.81. The van der Waals surface area contributed by atoms with Crippen molar-refractivity contribution < 1.29 is 5.11 Å². The molecule has 0 aliphatic heterocycles. The molecule has 1 aliphatic rings. The summed E-state index contributed by atoms with van der Waals surface area (Å²) >= 11 is 12.3. The SMILES string of the molecule is CCC1(O)CCC(CN(C)C)(c2ccc(Cl)c(Cl)c2)CC1. The van der Waals surface area contributed by atoms with Crippen molar-refractivity contribution in [1.82, 2.24) is 4.90 Å². The van der Waals surface area contributed by atoms with Gasteiger partial charge in [0.05, 0.1) is 15.6 Å². The quantitative estimate of drug-likeness (QED) is 0.878. The number of hydrogen-bond acceptors (Lipinski definition) is 2. The van der Waals surface area contributed by atoms with Gasteiger partial charge in [0, 0.05) is 12.0 Å². The van der Waals surface area contributed by atoms with Crippen molar-refractivity contribution in [3.05, 3.63) is 33.8 Å². The lowest BCUT2D eigenvalue weighted by atomic mass is 9.64. The second-order valence-electron chi connectivity index (χ2n) is 6.72. The van der Waals surface area contributed by atoms with Crippen molar-refractivity contribution >= 4 is 23.2 Å². The summed E-state index contributed by atoms with van der Waals surface area (Å²) in [5, 5.41) is 11.7. The van der Waals surface area contributed by atoms with E-state index in [0.717, 1.165) is 38.6 Å². The highest BCUT2D eigenvalue weighted by Crippen LogP contribution is 2.45. The van der Waals surface area contributed by atoms with Gasteiger partial charge in [-0.3, -0.25) is 0 Å². The summed E-state index contributed by atoms with van der Waals surface area (Å²) in [6.07, 6.45) is 4.47. The van der Waals surface area contributed by atoms with Crippen LogP contribution in [0.25, 0.3) is 0 Å². The molecule has 1 aromatic carbocycles. The molecule has 4 heteroatoms. The second kappa shape index (κ2) is 6.45. The van der Waals surface area contributed by atoms with Gasteiger partial charge in [-0.25, -0.2) is 0 Å². The number of nitrogens with zero attached hydrogens (tertiary/aromatic N) is 1. The van der Waals surface area contributed by atoms with Crippen LogP contribution in [0.1, 0.15) is 44.6 Å². The maximum atomic E-state index is 10.5. The van der Waals surface area contributed by atoms with E-state index in [0.29, 0.717) is 10.0 Å². The van der Waals surface area contributed by atoms with E-state index in [1.54, 1.807) is 0 Å². The molecular formula is C17H25Cl2NO. The van der Waals surface area contributed by atoms with Crippen molar-refractivity contribution in [1.29, 1.82) is 0 Å². The Morgan fingerprint density at radius 1 is 1.10 bits per heavy atom. The summed E-state index contributed by atoms with van der Waals surface area (Å²) in [4.78, 5) is 2.22. The zero-order valence-corrected chi connectivity index (χ0v) is 14.6. The van der Waals surface area contributed by atoms with Gasteiger partial charge >= 0.3 is 0 Å². The molecule has 0 spiro atoms. The van der Waals surface area contributed by atoms with Crippen molar-refractivity contribution in [3.8, 4) is 0 Å². The lowest BCUT2D eigenvalue weighted by Gasteiger charge is -2.45. The number of hydrogen-bond donors (Lipinski definition) is 1. The monoisotopic (exact) mass is 329 g/mol. The minimum absolute atomic E-state index is 0.0547. The number of rotatable bonds is 4. The summed E-state index contributed by atoms with van der Waals surface area (Å²) in [5.74, 6) is 0. The molecule has 1 aromatic rings. The molecule has 2 nitrogen and oxygen atoms in total. The lowest BCUT2D eigenvalue weighted by Crippen LogP contribution is -2.46. The minimum Gasteiger partial charge on any atom is -0.390 e. The van der Waals surface area contributed by atoms with Crippen molar-refractivity contribution in [2.75, 3.05) is 20.6 Å². The molecular weight excluding hydrogens is 305 g/mol. The zero-order valence-electron chi connectivity index (χ0n) is 13.1. The predicted octanol–water partition coefficient (Wildman–Crippen LogP) is 4.51. The molecule has 21 heavy (non-hydrogen) atoms. The fraction of sp³-hybridized carbons (Fsp3) is 0.647. The Labute approximate surface area is 138 Å². The summed E-state index contributed by atoms with van der Waals surface area (Å²) in [7, 11) is 4.19. The first-order valence-corrected chi connectivity index (χ1v) is 8.38. The Bertz CT molecular complexity index is 494. The summed E-state index contributed by atoms with van der Waals surface area (Å²) < 4.78 is 0. The van der Waals surface area contributed by atoms with Crippen molar-refractivity contribution in [2.24, 2.45) is 0 Å². The van der Waals surface area contributed by atoms with Crippen LogP contribution >= 0.6 is 23.2 Å². The number of benzene rings is 1. The van der Waals surface area contributed by atoms with Crippen LogP contribution in [0.4, 0.5) is 0 Å². The van der Waals surface area contributed by atoms with Gasteiger partial charge in [-0.1, -0.05) is 36.2 Å². The van der Waals surface area contributed by atoms with Gasteiger partial charge in [-0.15, -0.1) is 0 Å². The highest BCUT2D eigenvalue weighted by Gasteiger charge is 2.42. The van der Waals surface area contributed by atoms with Crippen molar-refractivity contribution in [2.45, 2.75) is 50.0 Å². The molecule has 1 N–H and O–H groups in total. The molecule has 2 rings (SSSR count). The third-order valence-electron chi connectivity index (χ3n) is 4.95. The lowest BCUT2D eigenvalue weighted by molar-refractivity contribution is -0.0231. The normalized spacial score (nSPS) is 29.9. The van der Waals surface area contributed by atoms with Gasteiger partial charge in [0.25, 0.3) is 0 Å². The third-order valence-corrected chi connectivity index (χ3v) is 5.69. The van der Waals surface area contributed by atoms with E-state index in [-0.39, 0.29) is 5.41 Å². The molecule has 0 saturated heterocycles. The molecule has 0 heterocycles. The number of aliphatic hydroxyl groups is 1. The van der Waals surface area contributed by atoms with E-state index in [1.165, 1.54) is 5.56 Å². The Hall–Kier alpha value is -0.280. The highest BCUT2D eigenvalue weighted by molar-refractivity contribution is 6.42. The first kappa shape index (κ1) is 17.1. The third kappa shape index (κ3) is 3.73. The van der Waals surface area contributed by atoms with Gasteiger partial charge in [0.15, 0.2) is 0 Å². The van der Waals surface area contributed by atoms with Crippen LogP contribution in [0.15, 0.2) is 18.2 Å². The van der Waals surface area contributed by atoms with Crippen LogP contribution in [0, 0.1) is 0 Å². The molecule has 0 aromatic heterocycles. The Morgan fingerprint density at radius 3 is 2.19 bits per heavy atom. The molecule has 0 unspecified atom stereocenters. The second-order valence-corrected chi connectivity index (χ2v) is 7.54. The molecule has 0 radical (unpaired) electrons. The summed E-state index contributed by atoms with van der Waals surface area (Å²) in [6.45, 7) is 3.03. The van der Waals surface area contributed by atoms with E-state index in [9.17, 15) is 5.11 Å². The Morgan fingerprint density at radius 2 is 1.71 bits per heavy atom. The predicted molar refractivity (Wildman–Crippen MR) is 90.4 cm³/mol. The average molecular weight is 330 g/mol. The van der Waals surface area contributed by atoms with Crippen LogP contribution in [-0.4, -0.2) is 36.2 Å². The molecule has 1 aliphatic carbocycles. The maximum Gasteiger partial charge on any atom is 0.0645 e. The largest absolute Gasteiger partial charge is 0.390 e. The molecule has 1 saturated carbocycles. The summed E-state index contributed by atoms with van der Waals surface area (Å²) in [6, 6.07) is 5.98. The molecule has 1 fully saturated rings. The highest BCUT2D eigenvalue weighted by atomic mass is 35.5. The van der Waals surface area contributed by atoms with Gasteiger partial charge in [-0.2, -0.15) is 0 Å². The van der Waals surface area contributed by atoms with E-state index < -0.39 is 5.60 Å². The molecule has 0 amide bonds. The van der Waals surface area contributed by atoms with E-state index >= 15 is 0 Å². The van der Waals surface area contributed by atoms with Crippen molar-refractivity contribution in [3.63, 3.8) is 0 Å². The van der Waals surface area contributed by atoms with Crippen LogP contribution < -0.4 is 0 Å². The minimum atomic E-state index is -0.494. The smallest absolute Gasteiger partial charge is 0.0645 e. The molecule has 0 atom stereocenters. The van der Waals surface area contributed by atoms with E-state index in [1.807, 2.05) is 12.1 Å². The fourth-order valence-electron chi connectivity index (χ4n) is 3.52. The zero-order chi connectivity index (χ0) is 15.7. The van der Waals surface area contributed by atoms with Gasteiger partial charge in [-0.05, 0) is 63.9 Å². The first-order chi connectivity index (χ1) is 9.80.